The SMILES string of the molecule is C=CCOc1ccc(CC(=O)OCC2CCC(COC(=O)C(=C)C)CC2)cc1. The Morgan fingerprint density at radius 2 is 1.61 bits per heavy atom. The Labute approximate surface area is 167 Å². The number of benzene rings is 1. The molecule has 1 saturated carbocycles. The van der Waals surface area contributed by atoms with Gasteiger partial charge in [0.25, 0.3) is 0 Å². The Morgan fingerprint density at radius 1 is 1.04 bits per heavy atom. The maximum atomic E-state index is 12.1. The lowest BCUT2D eigenvalue weighted by Gasteiger charge is -2.27. The van der Waals surface area contributed by atoms with Crippen LogP contribution in [-0.4, -0.2) is 31.8 Å². The third-order valence-electron chi connectivity index (χ3n) is 4.88. The molecule has 0 spiro atoms. The number of rotatable bonds is 10. The van der Waals surface area contributed by atoms with Crippen molar-refractivity contribution in [2.75, 3.05) is 19.8 Å². The van der Waals surface area contributed by atoms with Crippen LogP contribution in [0.5, 0.6) is 5.75 Å². The van der Waals surface area contributed by atoms with Crippen molar-refractivity contribution in [1.82, 2.24) is 0 Å². The fraction of sp³-hybridized carbons (Fsp3) is 0.478. The van der Waals surface area contributed by atoms with Crippen molar-refractivity contribution in [2.24, 2.45) is 11.8 Å². The van der Waals surface area contributed by atoms with E-state index in [9.17, 15) is 9.59 Å². The second-order valence-corrected chi connectivity index (χ2v) is 7.37. The maximum absolute atomic E-state index is 12.1. The van der Waals surface area contributed by atoms with Gasteiger partial charge in [-0.15, -0.1) is 0 Å². The number of esters is 2. The molecule has 0 aliphatic heterocycles. The molecule has 5 heteroatoms. The van der Waals surface area contributed by atoms with Crippen LogP contribution in [0.2, 0.25) is 0 Å². The fourth-order valence-electron chi connectivity index (χ4n) is 3.17. The van der Waals surface area contributed by atoms with Crippen LogP contribution in [0, 0.1) is 11.8 Å². The summed E-state index contributed by atoms with van der Waals surface area (Å²) in [6.45, 7) is 10.2. The van der Waals surface area contributed by atoms with Gasteiger partial charge in [0.2, 0.25) is 0 Å². The van der Waals surface area contributed by atoms with Gasteiger partial charge in [-0.2, -0.15) is 0 Å². The molecule has 1 aliphatic carbocycles. The first-order chi connectivity index (χ1) is 13.5. The van der Waals surface area contributed by atoms with Crippen molar-refractivity contribution in [3.63, 3.8) is 0 Å². The Morgan fingerprint density at radius 3 is 2.14 bits per heavy atom. The monoisotopic (exact) mass is 386 g/mol. The van der Waals surface area contributed by atoms with Gasteiger partial charge >= 0.3 is 11.9 Å². The van der Waals surface area contributed by atoms with E-state index in [4.69, 9.17) is 14.2 Å². The van der Waals surface area contributed by atoms with Gasteiger partial charge in [0.1, 0.15) is 12.4 Å². The van der Waals surface area contributed by atoms with Crippen molar-refractivity contribution in [2.45, 2.75) is 39.0 Å². The van der Waals surface area contributed by atoms with Gasteiger partial charge in [-0.3, -0.25) is 4.79 Å². The summed E-state index contributed by atoms with van der Waals surface area (Å²) in [5, 5.41) is 0. The summed E-state index contributed by atoms with van der Waals surface area (Å²) in [5.41, 5.74) is 1.33. The molecule has 0 aromatic heterocycles. The van der Waals surface area contributed by atoms with Crippen molar-refractivity contribution in [1.29, 1.82) is 0 Å². The summed E-state index contributed by atoms with van der Waals surface area (Å²) < 4.78 is 16.1. The number of ether oxygens (including phenoxy) is 3. The standard InChI is InChI=1S/C23H30O5/c1-4-13-26-21-11-9-18(10-12-21)14-22(24)27-15-19-5-7-20(8-6-19)16-28-23(25)17(2)3/h4,9-12,19-20H,1-2,5-8,13-16H2,3H3. The Hall–Kier alpha value is -2.56. The highest BCUT2D eigenvalue weighted by molar-refractivity contribution is 5.86. The molecular formula is C23H30O5. The lowest BCUT2D eigenvalue weighted by molar-refractivity contribution is -0.145. The van der Waals surface area contributed by atoms with Crippen molar-refractivity contribution < 1.29 is 23.8 Å². The molecule has 0 amide bonds. The lowest BCUT2D eigenvalue weighted by atomic mass is 9.83. The van der Waals surface area contributed by atoms with Crippen LogP contribution in [-0.2, 0) is 25.5 Å². The first kappa shape index (κ1) is 21.7. The van der Waals surface area contributed by atoms with Crippen LogP contribution in [0.4, 0.5) is 0 Å². The smallest absolute Gasteiger partial charge is 0.333 e. The van der Waals surface area contributed by atoms with E-state index in [0.717, 1.165) is 37.0 Å². The number of carbonyl (C=O) groups excluding carboxylic acids is 2. The number of carbonyl (C=O) groups is 2. The normalized spacial score (nSPS) is 18.8. The summed E-state index contributed by atoms with van der Waals surface area (Å²) in [5.74, 6) is 0.986. The zero-order valence-corrected chi connectivity index (χ0v) is 16.7. The van der Waals surface area contributed by atoms with E-state index < -0.39 is 0 Å². The molecule has 0 radical (unpaired) electrons. The second-order valence-electron chi connectivity index (χ2n) is 7.37. The zero-order chi connectivity index (χ0) is 20.4. The van der Waals surface area contributed by atoms with Crippen LogP contribution in [0.25, 0.3) is 0 Å². The van der Waals surface area contributed by atoms with Gasteiger partial charge < -0.3 is 14.2 Å². The molecule has 0 heterocycles. The first-order valence-corrected chi connectivity index (χ1v) is 9.78. The lowest BCUT2D eigenvalue weighted by Crippen LogP contribution is -2.24. The molecule has 5 nitrogen and oxygen atoms in total. The van der Waals surface area contributed by atoms with E-state index in [1.54, 1.807) is 13.0 Å². The minimum absolute atomic E-state index is 0.211. The van der Waals surface area contributed by atoms with E-state index in [2.05, 4.69) is 13.2 Å². The molecule has 1 fully saturated rings. The average molecular weight is 386 g/mol. The highest BCUT2D eigenvalue weighted by Gasteiger charge is 2.23. The second kappa shape index (κ2) is 11.3. The van der Waals surface area contributed by atoms with E-state index >= 15 is 0 Å². The zero-order valence-electron chi connectivity index (χ0n) is 16.7. The fourth-order valence-corrected chi connectivity index (χ4v) is 3.17. The molecule has 1 aromatic carbocycles. The van der Waals surface area contributed by atoms with Gasteiger partial charge in [0.05, 0.1) is 19.6 Å². The number of hydrogen-bond acceptors (Lipinski definition) is 5. The summed E-state index contributed by atoms with van der Waals surface area (Å²) in [6, 6.07) is 7.43. The molecule has 1 aliphatic rings. The van der Waals surface area contributed by atoms with Gasteiger partial charge in [-0.1, -0.05) is 31.4 Å². The minimum Gasteiger partial charge on any atom is -0.490 e. The molecule has 0 bridgehead atoms. The van der Waals surface area contributed by atoms with E-state index in [0.29, 0.717) is 37.2 Å². The molecule has 0 N–H and O–H groups in total. The highest BCUT2D eigenvalue weighted by atomic mass is 16.5. The molecule has 0 unspecified atom stereocenters. The third kappa shape index (κ3) is 7.59. The largest absolute Gasteiger partial charge is 0.490 e. The maximum Gasteiger partial charge on any atom is 0.333 e. The van der Waals surface area contributed by atoms with Crippen LogP contribution >= 0.6 is 0 Å². The summed E-state index contributed by atoms with van der Waals surface area (Å²) in [7, 11) is 0. The van der Waals surface area contributed by atoms with Gasteiger partial charge in [-0.25, -0.2) is 4.79 Å². The summed E-state index contributed by atoms with van der Waals surface area (Å²) in [4.78, 5) is 23.5. The summed E-state index contributed by atoms with van der Waals surface area (Å²) in [6.07, 6.45) is 5.88. The van der Waals surface area contributed by atoms with Crippen molar-refractivity contribution in [3.8, 4) is 5.75 Å². The van der Waals surface area contributed by atoms with Gasteiger partial charge in [0.15, 0.2) is 0 Å². The molecule has 152 valence electrons. The molecular weight excluding hydrogens is 356 g/mol. The average Bonchev–Trinajstić information content (AvgIpc) is 2.70. The van der Waals surface area contributed by atoms with Crippen LogP contribution in [0.15, 0.2) is 49.1 Å². The predicted molar refractivity (Wildman–Crippen MR) is 108 cm³/mol. The molecule has 28 heavy (non-hydrogen) atoms. The molecule has 0 atom stereocenters. The number of hydrogen-bond donors (Lipinski definition) is 0. The van der Waals surface area contributed by atoms with Crippen molar-refractivity contribution >= 4 is 11.9 Å². The highest BCUT2D eigenvalue weighted by Crippen LogP contribution is 2.29. The Kier molecular flexibility index (Phi) is 8.79. The minimum atomic E-state index is -0.323. The molecule has 2 rings (SSSR count). The van der Waals surface area contributed by atoms with E-state index in [1.807, 2.05) is 24.3 Å². The Bertz CT molecular complexity index is 669. The summed E-state index contributed by atoms with van der Waals surface area (Å²) >= 11 is 0. The van der Waals surface area contributed by atoms with Crippen molar-refractivity contribution in [3.05, 3.63) is 54.6 Å². The quantitative estimate of drug-likeness (QED) is 0.341. The van der Waals surface area contributed by atoms with Gasteiger partial charge in [-0.05, 0) is 62.1 Å². The third-order valence-corrected chi connectivity index (χ3v) is 4.88. The Balaban J connectivity index is 1.63. The predicted octanol–water partition coefficient (Wildman–Crippen LogP) is 4.26. The first-order valence-electron chi connectivity index (χ1n) is 9.78. The molecule has 1 aromatic rings. The van der Waals surface area contributed by atoms with Crippen LogP contribution in [0.3, 0.4) is 0 Å². The van der Waals surface area contributed by atoms with Gasteiger partial charge in [0, 0.05) is 5.57 Å². The topological polar surface area (TPSA) is 61.8 Å². The van der Waals surface area contributed by atoms with E-state index in [1.165, 1.54) is 0 Å². The molecule has 0 saturated heterocycles. The van der Waals surface area contributed by atoms with E-state index in [-0.39, 0.29) is 18.4 Å². The van der Waals surface area contributed by atoms with Crippen LogP contribution < -0.4 is 4.74 Å². The van der Waals surface area contributed by atoms with Crippen LogP contribution in [0.1, 0.15) is 38.2 Å².